The van der Waals surface area contributed by atoms with Gasteiger partial charge in [0.15, 0.2) is 11.6 Å². The highest BCUT2D eigenvalue weighted by atomic mass is 19.1. The Hall–Kier alpha value is -1.78. The summed E-state index contributed by atoms with van der Waals surface area (Å²) >= 11 is 0. The second-order valence-electron chi connectivity index (χ2n) is 2.97. The number of hydrogen-bond acceptors (Lipinski definition) is 3. The average Bonchev–Trinajstić information content (AvgIpc) is 2.13. The molecule has 0 aromatic heterocycles. The zero-order chi connectivity index (χ0) is 10.9. The predicted molar refractivity (Wildman–Crippen MR) is 48.5 cm³/mol. The first kappa shape index (κ1) is 10.3. The minimum absolute atomic E-state index is 0.0794. The molecule has 76 valence electrons. The Morgan fingerprint density at radius 1 is 1.57 bits per heavy atom. The van der Waals surface area contributed by atoms with Crippen molar-refractivity contribution in [2.75, 3.05) is 5.73 Å². The molecule has 1 atom stereocenters. The first-order chi connectivity index (χ1) is 6.45. The summed E-state index contributed by atoms with van der Waals surface area (Å²) in [5.41, 5.74) is 5.04. The van der Waals surface area contributed by atoms with E-state index < -0.39 is 23.5 Å². The maximum absolute atomic E-state index is 13.3. The lowest BCUT2D eigenvalue weighted by Crippen LogP contribution is -2.09. The van der Waals surface area contributed by atoms with Crippen LogP contribution in [0.4, 0.5) is 10.1 Å². The molecule has 0 bridgehead atoms. The van der Waals surface area contributed by atoms with Crippen molar-refractivity contribution in [3.63, 3.8) is 0 Å². The van der Waals surface area contributed by atoms with E-state index >= 15 is 0 Å². The smallest absolute Gasteiger partial charge is 0.310 e. The first-order valence-corrected chi connectivity index (χ1v) is 3.94. The summed E-state index contributed by atoms with van der Waals surface area (Å²) in [7, 11) is 0. The Bertz CT molecular complexity index is 379. The van der Waals surface area contributed by atoms with Crippen molar-refractivity contribution in [2.24, 2.45) is 0 Å². The van der Waals surface area contributed by atoms with E-state index in [1.807, 2.05) is 0 Å². The van der Waals surface area contributed by atoms with Gasteiger partial charge in [-0.1, -0.05) is 6.07 Å². The minimum atomic E-state index is -1.16. The van der Waals surface area contributed by atoms with Crippen LogP contribution < -0.4 is 5.73 Å². The third kappa shape index (κ3) is 1.61. The number of carbonyl (C=O) groups is 1. The normalized spacial score (nSPS) is 12.4. The summed E-state index contributed by atoms with van der Waals surface area (Å²) in [5, 5.41) is 17.8. The molecule has 0 amide bonds. The molecule has 0 saturated heterocycles. The summed E-state index contributed by atoms with van der Waals surface area (Å²) < 4.78 is 13.3. The highest BCUT2D eigenvalue weighted by Crippen LogP contribution is 2.30. The summed E-state index contributed by atoms with van der Waals surface area (Å²) in [4.78, 5) is 10.6. The van der Waals surface area contributed by atoms with Gasteiger partial charge in [-0.3, -0.25) is 4.79 Å². The molecule has 1 aromatic carbocycles. The van der Waals surface area contributed by atoms with Gasteiger partial charge in [-0.2, -0.15) is 0 Å². The number of hydrogen-bond donors (Lipinski definition) is 3. The highest BCUT2D eigenvalue weighted by molar-refractivity contribution is 5.76. The van der Waals surface area contributed by atoms with Gasteiger partial charge < -0.3 is 15.9 Å². The second-order valence-corrected chi connectivity index (χ2v) is 2.97. The number of aliphatic carboxylic acids is 1. The number of anilines is 1. The first-order valence-electron chi connectivity index (χ1n) is 3.94. The Morgan fingerprint density at radius 3 is 2.64 bits per heavy atom. The molecule has 14 heavy (non-hydrogen) atoms. The number of benzene rings is 1. The van der Waals surface area contributed by atoms with Crippen LogP contribution >= 0.6 is 0 Å². The fourth-order valence-electron chi connectivity index (χ4n) is 1.06. The third-order valence-electron chi connectivity index (χ3n) is 2.01. The maximum atomic E-state index is 13.3. The van der Waals surface area contributed by atoms with E-state index in [-0.39, 0.29) is 11.3 Å². The molecule has 5 heteroatoms. The summed E-state index contributed by atoms with van der Waals surface area (Å²) in [6.07, 6.45) is 0. The number of halogens is 1. The Kier molecular flexibility index (Phi) is 2.60. The Morgan fingerprint density at radius 2 is 2.14 bits per heavy atom. The van der Waals surface area contributed by atoms with Crippen molar-refractivity contribution >= 4 is 11.7 Å². The van der Waals surface area contributed by atoms with E-state index in [0.29, 0.717) is 0 Å². The van der Waals surface area contributed by atoms with E-state index in [1.165, 1.54) is 19.1 Å². The number of phenols is 1. The molecule has 4 nitrogen and oxygen atoms in total. The highest BCUT2D eigenvalue weighted by Gasteiger charge is 2.20. The van der Waals surface area contributed by atoms with Gasteiger partial charge in [-0.05, 0) is 13.0 Å². The number of aromatic hydroxyl groups is 1. The van der Waals surface area contributed by atoms with Crippen LogP contribution in [0.1, 0.15) is 18.4 Å². The lowest BCUT2D eigenvalue weighted by molar-refractivity contribution is -0.138. The monoisotopic (exact) mass is 199 g/mol. The lowest BCUT2D eigenvalue weighted by Gasteiger charge is -2.09. The van der Waals surface area contributed by atoms with Crippen LogP contribution in [-0.2, 0) is 4.79 Å². The van der Waals surface area contributed by atoms with Crippen LogP contribution in [0.5, 0.6) is 5.75 Å². The van der Waals surface area contributed by atoms with Crippen molar-refractivity contribution in [3.05, 3.63) is 23.5 Å². The van der Waals surface area contributed by atoms with Gasteiger partial charge in [0, 0.05) is 5.56 Å². The fourth-order valence-corrected chi connectivity index (χ4v) is 1.06. The number of nitrogen functional groups attached to an aromatic ring is 1. The van der Waals surface area contributed by atoms with E-state index in [1.54, 1.807) is 0 Å². The van der Waals surface area contributed by atoms with Crippen molar-refractivity contribution < 1.29 is 19.4 Å². The van der Waals surface area contributed by atoms with Gasteiger partial charge >= 0.3 is 5.97 Å². The molecular weight excluding hydrogens is 189 g/mol. The molecule has 0 saturated carbocycles. The molecule has 0 spiro atoms. The Balaban J connectivity index is 3.24. The van der Waals surface area contributed by atoms with Crippen LogP contribution in [0.15, 0.2) is 12.1 Å². The van der Waals surface area contributed by atoms with Crippen molar-refractivity contribution in [1.29, 1.82) is 0 Å². The summed E-state index contributed by atoms with van der Waals surface area (Å²) in [6, 6.07) is 2.52. The number of nitrogens with two attached hydrogens (primary N) is 1. The molecule has 0 fully saturated rings. The van der Waals surface area contributed by atoms with E-state index in [2.05, 4.69) is 0 Å². The molecule has 4 N–H and O–H groups in total. The van der Waals surface area contributed by atoms with Crippen LogP contribution in [0.2, 0.25) is 0 Å². The molecule has 0 heterocycles. The number of carboxylic acids is 1. The summed E-state index contributed by atoms with van der Waals surface area (Å²) in [5.74, 6) is -3.84. The summed E-state index contributed by atoms with van der Waals surface area (Å²) in [6.45, 7) is 1.33. The van der Waals surface area contributed by atoms with Crippen LogP contribution in [0.25, 0.3) is 0 Å². The predicted octanol–water partition coefficient (Wildman–Crippen LogP) is 1.30. The molecule has 1 rings (SSSR count). The molecule has 0 aliphatic heterocycles. The standard InChI is InChI=1S/C9H10FNO3/c1-4(9(13)14)5-2-3-6(11)8(12)7(5)10/h2-4,12H,11H2,1H3,(H,13,14). The van der Waals surface area contributed by atoms with Crippen LogP contribution in [-0.4, -0.2) is 16.2 Å². The second kappa shape index (κ2) is 3.53. The van der Waals surface area contributed by atoms with Gasteiger partial charge in [0.25, 0.3) is 0 Å². The maximum Gasteiger partial charge on any atom is 0.310 e. The molecule has 1 aromatic rings. The van der Waals surface area contributed by atoms with E-state index in [9.17, 15) is 9.18 Å². The zero-order valence-electron chi connectivity index (χ0n) is 7.49. The van der Waals surface area contributed by atoms with E-state index in [0.717, 1.165) is 0 Å². The minimum Gasteiger partial charge on any atom is -0.503 e. The fraction of sp³-hybridized carbons (Fsp3) is 0.222. The van der Waals surface area contributed by atoms with Crippen LogP contribution in [0, 0.1) is 5.82 Å². The van der Waals surface area contributed by atoms with Gasteiger partial charge in [0.2, 0.25) is 0 Å². The van der Waals surface area contributed by atoms with Crippen molar-refractivity contribution in [3.8, 4) is 5.75 Å². The number of rotatable bonds is 2. The quantitative estimate of drug-likeness (QED) is 0.495. The zero-order valence-corrected chi connectivity index (χ0v) is 7.49. The molecule has 0 aliphatic rings. The van der Waals surface area contributed by atoms with Crippen molar-refractivity contribution in [2.45, 2.75) is 12.8 Å². The topological polar surface area (TPSA) is 83.5 Å². The Labute approximate surface area is 79.8 Å². The average molecular weight is 199 g/mol. The SMILES string of the molecule is CC(C(=O)O)c1ccc(N)c(O)c1F. The largest absolute Gasteiger partial charge is 0.503 e. The molecule has 0 aliphatic carbocycles. The van der Waals surface area contributed by atoms with Crippen LogP contribution in [0.3, 0.4) is 0 Å². The van der Waals surface area contributed by atoms with E-state index in [4.69, 9.17) is 15.9 Å². The number of carboxylic acid groups (broad SMARTS) is 1. The van der Waals surface area contributed by atoms with Gasteiger partial charge in [-0.25, -0.2) is 4.39 Å². The van der Waals surface area contributed by atoms with Gasteiger partial charge in [0.05, 0.1) is 11.6 Å². The third-order valence-corrected chi connectivity index (χ3v) is 2.01. The van der Waals surface area contributed by atoms with Crippen molar-refractivity contribution in [1.82, 2.24) is 0 Å². The van der Waals surface area contributed by atoms with Gasteiger partial charge in [0.1, 0.15) is 0 Å². The molecule has 0 radical (unpaired) electrons. The lowest BCUT2D eigenvalue weighted by atomic mass is 10.00. The number of phenolic OH excluding ortho intramolecular Hbond substituents is 1. The molecule has 1 unspecified atom stereocenters. The van der Waals surface area contributed by atoms with Gasteiger partial charge in [-0.15, -0.1) is 0 Å². The molecular formula is C9H10FNO3.